The lowest BCUT2D eigenvalue weighted by atomic mass is 10.2. The van der Waals surface area contributed by atoms with Gasteiger partial charge in [0.15, 0.2) is 0 Å². The predicted octanol–water partition coefficient (Wildman–Crippen LogP) is 2.22. The van der Waals surface area contributed by atoms with Crippen molar-refractivity contribution in [2.75, 3.05) is 19.6 Å². The van der Waals surface area contributed by atoms with Crippen molar-refractivity contribution in [3.05, 3.63) is 28.8 Å². The summed E-state index contributed by atoms with van der Waals surface area (Å²) in [5.74, 6) is 0. The highest BCUT2D eigenvalue weighted by molar-refractivity contribution is 7.89. The lowest BCUT2D eigenvalue weighted by Gasteiger charge is -2.23. The number of hydrogen-bond acceptors (Lipinski definition) is 4. The number of hydrogen-bond donors (Lipinski definition) is 1. The van der Waals surface area contributed by atoms with Crippen LogP contribution < -0.4 is 4.72 Å². The second-order valence-corrected chi connectivity index (χ2v) is 6.88. The predicted molar refractivity (Wildman–Crippen MR) is 83.7 cm³/mol. The van der Waals surface area contributed by atoms with Crippen LogP contribution in [-0.2, 0) is 10.0 Å². The average Bonchev–Trinajstić information content (AvgIpc) is 2.44. The van der Waals surface area contributed by atoms with E-state index in [2.05, 4.69) is 9.62 Å². The molecule has 0 saturated heterocycles. The summed E-state index contributed by atoms with van der Waals surface area (Å²) in [6, 6.07) is 5.78. The van der Waals surface area contributed by atoms with Gasteiger partial charge in [0.05, 0.1) is 15.5 Å². The summed E-state index contributed by atoms with van der Waals surface area (Å²) in [5.41, 5.74) is 0.256. The van der Waals surface area contributed by atoms with E-state index in [1.807, 2.05) is 26.8 Å². The molecule has 0 spiro atoms. The normalized spacial score (nSPS) is 13.1. The van der Waals surface area contributed by atoms with Crippen molar-refractivity contribution >= 4 is 21.6 Å². The van der Waals surface area contributed by atoms with Gasteiger partial charge in [-0.2, -0.15) is 5.26 Å². The number of likely N-dealkylation sites (N-methyl/N-ethyl adjacent to an activating group) is 1. The molecule has 0 saturated carbocycles. The van der Waals surface area contributed by atoms with Crippen LogP contribution in [0.4, 0.5) is 0 Å². The maximum absolute atomic E-state index is 12.3. The van der Waals surface area contributed by atoms with Crippen LogP contribution in [0.3, 0.4) is 0 Å². The van der Waals surface area contributed by atoms with Gasteiger partial charge in [-0.15, -0.1) is 0 Å². The fourth-order valence-electron chi connectivity index (χ4n) is 1.99. The largest absolute Gasteiger partial charge is 0.302 e. The molecule has 1 aromatic rings. The molecule has 0 aliphatic carbocycles. The Labute approximate surface area is 131 Å². The van der Waals surface area contributed by atoms with E-state index in [4.69, 9.17) is 16.9 Å². The van der Waals surface area contributed by atoms with Crippen molar-refractivity contribution in [2.24, 2.45) is 0 Å². The first-order valence-electron chi connectivity index (χ1n) is 6.78. The standard InChI is InChI=1S/C14H20ClN3O2S/c1-4-18(5-2)10-11(3)17-21(19,20)13-7-6-12(9-16)14(15)8-13/h6-8,11,17H,4-5,10H2,1-3H3. The highest BCUT2D eigenvalue weighted by Gasteiger charge is 2.19. The van der Waals surface area contributed by atoms with E-state index in [-0.39, 0.29) is 21.5 Å². The monoisotopic (exact) mass is 329 g/mol. The molecule has 1 atom stereocenters. The molecule has 0 fully saturated rings. The smallest absolute Gasteiger partial charge is 0.240 e. The minimum Gasteiger partial charge on any atom is -0.302 e. The van der Waals surface area contributed by atoms with Crippen LogP contribution in [0.5, 0.6) is 0 Å². The maximum atomic E-state index is 12.3. The van der Waals surface area contributed by atoms with Gasteiger partial charge in [-0.25, -0.2) is 13.1 Å². The van der Waals surface area contributed by atoms with E-state index in [9.17, 15) is 8.42 Å². The summed E-state index contributed by atoms with van der Waals surface area (Å²) in [4.78, 5) is 2.21. The Hall–Kier alpha value is -1.13. The van der Waals surface area contributed by atoms with Crippen molar-refractivity contribution in [3.63, 3.8) is 0 Å². The Bertz CT molecular complexity index is 622. The Balaban J connectivity index is 2.87. The summed E-state index contributed by atoms with van der Waals surface area (Å²) >= 11 is 5.88. The van der Waals surface area contributed by atoms with Gasteiger partial charge in [0, 0.05) is 12.6 Å². The third-order valence-electron chi connectivity index (χ3n) is 3.15. The molecule has 1 rings (SSSR count). The van der Waals surface area contributed by atoms with Crippen LogP contribution in [-0.4, -0.2) is 39.0 Å². The lowest BCUT2D eigenvalue weighted by Crippen LogP contribution is -2.41. The molecule has 0 aliphatic heterocycles. The molecule has 1 aromatic carbocycles. The quantitative estimate of drug-likeness (QED) is 0.832. The molecule has 0 aliphatic rings. The van der Waals surface area contributed by atoms with Crippen LogP contribution in [0.25, 0.3) is 0 Å². The molecule has 116 valence electrons. The highest BCUT2D eigenvalue weighted by Crippen LogP contribution is 2.20. The number of nitrogens with one attached hydrogen (secondary N) is 1. The number of halogens is 1. The molecule has 0 heterocycles. The van der Waals surface area contributed by atoms with Crippen LogP contribution in [0, 0.1) is 11.3 Å². The van der Waals surface area contributed by atoms with Crippen LogP contribution >= 0.6 is 11.6 Å². The zero-order valence-corrected chi connectivity index (χ0v) is 14.0. The molecule has 0 amide bonds. The Morgan fingerprint density at radius 3 is 2.48 bits per heavy atom. The van der Waals surface area contributed by atoms with E-state index >= 15 is 0 Å². The van der Waals surface area contributed by atoms with Gasteiger partial charge in [-0.1, -0.05) is 25.4 Å². The number of nitrogens with zero attached hydrogens (tertiary/aromatic N) is 2. The van der Waals surface area contributed by atoms with E-state index in [1.54, 1.807) is 0 Å². The lowest BCUT2D eigenvalue weighted by molar-refractivity contribution is 0.282. The summed E-state index contributed by atoms with van der Waals surface area (Å²) in [5, 5.41) is 8.94. The van der Waals surface area contributed by atoms with E-state index in [1.165, 1.54) is 18.2 Å². The van der Waals surface area contributed by atoms with Crippen LogP contribution in [0.2, 0.25) is 5.02 Å². The van der Waals surface area contributed by atoms with Crippen molar-refractivity contribution in [1.29, 1.82) is 5.26 Å². The molecule has 1 unspecified atom stereocenters. The van der Waals surface area contributed by atoms with Gasteiger partial charge in [0.25, 0.3) is 0 Å². The third-order valence-corrected chi connectivity index (χ3v) is 5.05. The Morgan fingerprint density at radius 2 is 2.00 bits per heavy atom. The van der Waals surface area contributed by atoms with E-state index in [0.29, 0.717) is 6.54 Å². The topological polar surface area (TPSA) is 73.2 Å². The van der Waals surface area contributed by atoms with E-state index in [0.717, 1.165) is 13.1 Å². The van der Waals surface area contributed by atoms with Gasteiger partial charge in [-0.05, 0) is 38.2 Å². The molecular formula is C14H20ClN3O2S. The second kappa shape index (κ2) is 7.76. The maximum Gasteiger partial charge on any atom is 0.240 e. The molecule has 1 N–H and O–H groups in total. The average molecular weight is 330 g/mol. The number of benzene rings is 1. The summed E-state index contributed by atoms with van der Waals surface area (Å²) in [6.07, 6.45) is 0. The second-order valence-electron chi connectivity index (χ2n) is 4.76. The molecule has 5 nitrogen and oxygen atoms in total. The molecular weight excluding hydrogens is 310 g/mol. The number of nitriles is 1. The van der Waals surface area contributed by atoms with Crippen LogP contribution in [0.1, 0.15) is 26.3 Å². The van der Waals surface area contributed by atoms with Crippen molar-refractivity contribution < 1.29 is 8.42 Å². The first kappa shape index (κ1) is 17.9. The SMILES string of the molecule is CCN(CC)CC(C)NS(=O)(=O)c1ccc(C#N)c(Cl)c1. The molecule has 0 radical (unpaired) electrons. The Morgan fingerprint density at radius 1 is 1.38 bits per heavy atom. The van der Waals surface area contributed by atoms with Gasteiger partial charge in [-0.3, -0.25) is 0 Å². The van der Waals surface area contributed by atoms with Crippen molar-refractivity contribution in [2.45, 2.75) is 31.7 Å². The van der Waals surface area contributed by atoms with Gasteiger partial charge < -0.3 is 4.90 Å². The van der Waals surface area contributed by atoms with Crippen molar-refractivity contribution in [1.82, 2.24) is 9.62 Å². The first-order chi connectivity index (χ1) is 9.83. The number of sulfonamides is 1. The fourth-order valence-corrected chi connectivity index (χ4v) is 3.54. The van der Waals surface area contributed by atoms with Crippen LogP contribution in [0.15, 0.2) is 23.1 Å². The first-order valence-corrected chi connectivity index (χ1v) is 8.64. The zero-order chi connectivity index (χ0) is 16.0. The summed E-state index contributed by atoms with van der Waals surface area (Å²) < 4.78 is 27.2. The molecule has 21 heavy (non-hydrogen) atoms. The molecule has 0 aromatic heterocycles. The Kier molecular flexibility index (Phi) is 6.62. The van der Waals surface area contributed by atoms with E-state index < -0.39 is 10.0 Å². The number of rotatable bonds is 7. The highest BCUT2D eigenvalue weighted by atomic mass is 35.5. The van der Waals surface area contributed by atoms with Gasteiger partial charge in [0.1, 0.15) is 6.07 Å². The van der Waals surface area contributed by atoms with Gasteiger partial charge >= 0.3 is 0 Å². The summed E-state index contributed by atoms with van der Waals surface area (Å²) in [6.45, 7) is 8.25. The minimum atomic E-state index is -3.64. The van der Waals surface area contributed by atoms with Gasteiger partial charge in [0.2, 0.25) is 10.0 Å². The molecule has 7 heteroatoms. The minimum absolute atomic E-state index is 0.0675. The molecule has 0 bridgehead atoms. The van der Waals surface area contributed by atoms with Crippen molar-refractivity contribution in [3.8, 4) is 6.07 Å². The fraction of sp³-hybridized carbons (Fsp3) is 0.500. The third kappa shape index (κ3) is 4.97. The zero-order valence-electron chi connectivity index (χ0n) is 12.4. The summed E-state index contributed by atoms with van der Waals surface area (Å²) in [7, 11) is -3.64.